The fourth-order valence-electron chi connectivity index (χ4n) is 2.02. The second-order valence-electron chi connectivity index (χ2n) is 4.88. The lowest BCUT2D eigenvalue weighted by atomic mass is 10.2. The average Bonchev–Trinajstić information content (AvgIpc) is 2.40. The van der Waals surface area contributed by atoms with Crippen LogP contribution in [-0.4, -0.2) is 58.3 Å². The molecule has 0 aromatic heterocycles. The molecular formula is C14H24ClN3O. The molecule has 19 heavy (non-hydrogen) atoms. The molecule has 0 unspecified atom stereocenters. The molecule has 0 radical (unpaired) electrons. The minimum absolute atomic E-state index is 0. The van der Waals surface area contributed by atoms with Crippen LogP contribution < -0.4 is 15.0 Å². The summed E-state index contributed by atoms with van der Waals surface area (Å²) >= 11 is 0. The molecule has 0 aliphatic carbocycles. The molecule has 1 fully saturated rings. The van der Waals surface area contributed by atoms with Gasteiger partial charge in [-0.05, 0) is 38.4 Å². The molecule has 1 aliphatic heterocycles. The second kappa shape index (κ2) is 8.25. The van der Waals surface area contributed by atoms with Crippen molar-refractivity contribution in [3.05, 3.63) is 24.3 Å². The lowest BCUT2D eigenvalue weighted by Crippen LogP contribution is -2.43. The summed E-state index contributed by atoms with van der Waals surface area (Å²) in [5, 5.41) is 3.36. The Hall–Kier alpha value is -0.970. The van der Waals surface area contributed by atoms with Gasteiger partial charge in [-0.2, -0.15) is 0 Å². The Kier molecular flexibility index (Phi) is 6.99. The van der Waals surface area contributed by atoms with Crippen molar-refractivity contribution < 1.29 is 4.74 Å². The van der Waals surface area contributed by atoms with Crippen LogP contribution in [0.2, 0.25) is 0 Å². The highest BCUT2D eigenvalue weighted by Gasteiger charge is 2.09. The Morgan fingerprint density at radius 1 is 1.16 bits per heavy atom. The number of nitrogens with zero attached hydrogens (tertiary/aromatic N) is 2. The molecular weight excluding hydrogens is 262 g/mol. The summed E-state index contributed by atoms with van der Waals surface area (Å²) in [4.78, 5) is 4.52. The first-order valence-corrected chi connectivity index (χ1v) is 6.59. The SMILES string of the molecule is CN(C)CCOc1ccc(N2CCNCC2)cc1.Cl. The fraction of sp³-hybridized carbons (Fsp3) is 0.571. The van der Waals surface area contributed by atoms with Gasteiger partial charge in [-0.1, -0.05) is 0 Å². The van der Waals surface area contributed by atoms with E-state index in [1.54, 1.807) is 0 Å². The highest BCUT2D eigenvalue weighted by Crippen LogP contribution is 2.19. The van der Waals surface area contributed by atoms with Crippen molar-refractivity contribution in [2.75, 3.05) is 58.3 Å². The van der Waals surface area contributed by atoms with Crippen molar-refractivity contribution in [1.29, 1.82) is 0 Å². The molecule has 0 bridgehead atoms. The van der Waals surface area contributed by atoms with E-state index in [4.69, 9.17) is 4.74 Å². The summed E-state index contributed by atoms with van der Waals surface area (Å²) in [5.74, 6) is 0.954. The topological polar surface area (TPSA) is 27.7 Å². The van der Waals surface area contributed by atoms with Crippen LogP contribution in [0.5, 0.6) is 5.75 Å². The summed E-state index contributed by atoms with van der Waals surface area (Å²) in [6, 6.07) is 8.42. The molecule has 0 amide bonds. The van der Waals surface area contributed by atoms with E-state index in [9.17, 15) is 0 Å². The Bertz CT molecular complexity index is 350. The lowest BCUT2D eigenvalue weighted by molar-refractivity contribution is 0.261. The number of anilines is 1. The molecule has 4 nitrogen and oxygen atoms in total. The van der Waals surface area contributed by atoms with Gasteiger partial charge in [-0.15, -0.1) is 12.4 Å². The minimum atomic E-state index is 0. The molecule has 1 aliphatic rings. The Morgan fingerprint density at radius 3 is 2.37 bits per heavy atom. The predicted octanol–water partition coefficient (Wildman–Crippen LogP) is 1.46. The van der Waals surface area contributed by atoms with E-state index in [1.165, 1.54) is 5.69 Å². The monoisotopic (exact) mass is 285 g/mol. The zero-order valence-corrected chi connectivity index (χ0v) is 12.6. The van der Waals surface area contributed by atoms with Gasteiger partial charge in [0.15, 0.2) is 0 Å². The van der Waals surface area contributed by atoms with Gasteiger partial charge in [0, 0.05) is 38.4 Å². The third-order valence-corrected chi connectivity index (χ3v) is 3.13. The molecule has 2 rings (SSSR count). The molecule has 1 saturated heterocycles. The zero-order chi connectivity index (χ0) is 12.8. The van der Waals surface area contributed by atoms with E-state index in [0.29, 0.717) is 0 Å². The number of benzene rings is 1. The quantitative estimate of drug-likeness (QED) is 0.886. The van der Waals surface area contributed by atoms with E-state index in [0.717, 1.165) is 45.1 Å². The summed E-state index contributed by atoms with van der Waals surface area (Å²) in [6.45, 7) is 5.99. The maximum absolute atomic E-state index is 5.69. The van der Waals surface area contributed by atoms with Crippen LogP contribution >= 0.6 is 12.4 Å². The number of hydrogen-bond acceptors (Lipinski definition) is 4. The lowest BCUT2D eigenvalue weighted by Gasteiger charge is -2.29. The fourth-order valence-corrected chi connectivity index (χ4v) is 2.02. The smallest absolute Gasteiger partial charge is 0.119 e. The zero-order valence-electron chi connectivity index (χ0n) is 11.8. The average molecular weight is 286 g/mol. The van der Waals surface area contributed by atoms with Gasteiger partial charge in [0.1, 0.15) is 12.4 Å². The van der Waals surface area contributed by atoms with Gasteiger partial charge in [-0.25, -0.2) is 0 Å². The van der Waals surface area contributed by atoms with Crippen LogP contribution in [0.4, 0.5) is 5.69 Å². The second-order valence-corrected chi connectivity index (χ2v) is 4.88. The van der Waals surface area contributed by atoms with Gasteiger partial charge in [0.05, 0.1) is 0 Å². The highest BCUT2D eigenvalue weighted by molar-refractivity contribution is 5.85. The molecule has 0 spiro atoms. The maximum atomic E-state index is 5.69. The van der Waals surface area contributed by atoms with Crippen molar-refractivity contribution in [2.45, 2.75) is 0 Å². The molecule has 0 saturated carbocycles. The first-order chi connectivity index (χ1) is 8.75. The van der Waals surface area contributed by atoms with Crippen LogP contribution in [0.1, 0.15) is 0 Å². The van der Waals surface area contributed by atoms with E-state index in [1.807, 2.05) is 0 Å². The van der Waals surface area contributed by atoms with Crippen molar-refractivity contribution in [3.8, 4) is 5.75 Å². The van der Waals surface area contributed by atoms with Crippen molar-refractivity contribution in [1.82, 2.24) is 10.2 Å². The van der Waals surface area contributed by atoms with Gasteiger partial charge < -0.3 is 19.9 Å². The summed E-state index contributed by atoms with van der Waals surface area (Å²) in [7, 11) is 4.10. The number of nitrogens with one attached hydrogen (secondary N) is 1. The minimum Gasteiger partial charge on any atom is -0.492 e. The van der Waals surface area contributed by atoms with Crippen LogP contribution in [0.25, 0.3) is 0 Å². The highest BCUT2D eigenvalue weighted by atomic mass is 35.5. The van der Waals surface area contributed by atoms with Crippen LogP contribution in [0, 0.1) is 0 Å². The predicted molar refractivity (Wildman–Crippen MR) is 82.8 cm³/mol. The summed E-state index contributed by atoms with van der Waals surface area (Å²) in [5.41, 5.74) is 1.29. The number of rotatable bonds is 5. The van der Waals surface area contributed by atoms with Crippen LogP contribution in [-0.2, 0) is 0 Å². The van der Waals surface area contributed by atoms with Crippen LogP contribution in [0.3, 0.4) is 0 Å². The van der Waals surface area contributed by atoms with Crippen LogP contribution in [0.15, 0.2) is 24.3 Å². The van der Waals surface area contributed by atoms with E-state index in [-0.39, 0.29) is 12.4 Å². The Labute approximate surface area is 122 Å². The molecule has 1 heterocycles. The Morgan fingerprint density at radius 2 is 1.79 bits per heavy atom. The first-order valence-electron chi connectivity index (χ1n) is 6.59. The third kappa shape index (κ3) is 5.27. The number of hydrogen-bond donors (Lipinski definition) is 1. The largest absolute Gasteiger partial charge is 0.492 e. The number of ether oxygens (including phenoxy) is 1. The summed E-state index contributed by atoms with van der Waals surface area (Å²) in [6.07, 6.45) is 0. The number of piperazine rings is 1. The van der Waals surface area contributed by atoms with Crippen molar-refractivity contribution in [2.24, 2.45) is 0 Å². The molecule has 5 heteroatoms. The van der Waals surface area contributed by atoms with Crippen molar-refractivity contribution >= 4 is 18.1 Å². The maximum Gasteiger partial charge on any atom is 0.119 e. The van der Waals surface area contributed by atoms with E-state index < -0.39 is 0 Å². The van der Waals surface area contributed by atoms with Gasteiger partial charge >= 0.3 is 0 Å². The van der Waals surface area contributed by atoms with Gasteiger partial charge in [0.2, 0.25) is 0 Å². The Balaban J connectivity index is 0.00000180. The number of halogens is 1. The van der Waals surface area contributed by atoms with Gasteiger partial charge in [-0.3, -0.25) is 0 Å². The molecule has 1 N–H and O–H groups in total. The standard InChI is InChI=1S/C14H23N3O.ClH/c1-16(2)11-12-18-14-5-3-13(4-6-14)17-9-7-15-8-10-17;/h3-6,15H,7-12H2,1-2H3;1H. The molecule has 0 atom stereocenters. The molecule has 1 aromatic rings. The van der Waals surface area contributed by atoms with Gasteiger partial charge in [0.25, 0.3) is 0 Å². The molecule has 1 aromatic carbocycles. The first kappa shape index (κ1) is 16.1. The number of likely N-dealkylation sites (N-methyl/N-ethyl adjacent to an activating group) is 1. The van der Waals surface area contributed by atoms with Crippen molar-refractivity contribution in [3.63, 3.8) is 0 Å². The normalized spacial score (nSPS) is 15.2. The molecule has 108 valence electrons. The van der Waals surface area contributed by atoms with E-state index >= 15 is 0 Å². The summed E-state index contributed by atoms with van der Waals surface area (Å²) < 4.78 is 5.69. The third-order valence-electron chi connectivity index (χ3n) is 3.13. The van der Waals surface area contributed by atoms with E-state index in [2.05, 4.69) is 53.5 Å².